The molecule has 4 N–H and O–H groups in total. The van der Waals surface area contributed by atoms with Gasteiger partial charge >= 0.3 is 0 Å². The van der Waals surface area contributed by atoms with E-state index in [-0.39, 0.29) is 12.5 Å². The number of nitrogens with one attached hydrogen (secondary N) is 1. The van der Waals surface area contributed by atoms with Gasteiger partial charge in [0.1, 0.15) is 0 Å². The minimum Gasteiger partial charge on any atom is -0.390 e. The molecule has 136 valence electrons. The summed E-state index contributed by atoms with van der Waals surface area (Å²) in [5.74, 6) is 0.516. The van der Waals surface area contributed by atoms with Crippen molar-refractivity contribution >= 4 is 34.1 Å². The minimum absolute atomic E-state index is 0.0326. The second-order valence-electron chi connectivity index (χ2n) is 6.97. The summed E-state index contributed by atoms with van der Waals surface area (Å²) in [6.07, 6.45) is 7.76. The standard InChI is InChI=1S/C19H26ClN3O2/c20-15-7-4-8-17-19(15)16(12-23(17)11-14(24)10-21)22-18(25)9-13-5-2-1-3-6-13/h4,7-8,12-14,24H,1-3,5-6,9-11,21H2,(H,22,25). The van der Waals surface area contributed by atoms with Crippen molar-refractivity contribution < 1.29 is 9.90 Å². The first-order valence-corrected chi connectivity index (χ1v) is 9.41. The number of hydrogen-bond acceptors (Lipinski definition) is 3. The molecule has 1 aromatic heterocycles. The minimum atomic E-state index is -0.639. The lowest BCUT2D eigenvalue weighted by molar-refractivity contribution is -0.117. The molecule has 6 heteroatoms. The summed E-state index contributed by atoms with van der Waals surface area (Å²) >= 11 is 6.37. The largest absolute Gasteiger partial charge is 0.390 e. The van der Waals surface area contributed by atoms with Gasteiger partial charge < -0.3 is 20.7 Å². The first-order chi connectivity index (χ1) is 12.1. The van der Waals surface area contributed by atoms with Crippen molar-refractivity contribution in [3.05, 3.63) is 29.4 Å². The molecule has 0 radical (unpaired) electrons. The van der Waals surface area contributed by atoms with Crippen LogP contribution in [0.3, 0.4) is 0 Å². The van der Waals surface area contributed by atoms with Crippen LogP contribution in [0, 0.1) is 5.92 Å². The Morgan fingerprint density at radius 2 is 2.12 bits per heavy atom. The normalized spacial score (nSPS) is 16.9. The molecule has 0 spiro atoms. The lowest BCUT2D eigenvalue weighted by atomic mass is 9.87. The van der Waals surface area contributed by atoms with Gasteiger partial charge in [0.2, 0.25) is 5.91 Å². The van der Waals surface area contributed by atoms with Crippen molar-refractivity contribution in [1.29, 1.82) is 0 Å². The zero-order chi connectivity index (χ0) is 17.8. The third-order valence-electron chi connectivity index (χ3n) is 5.01. The number of amides is 1. The number of benzene rings is 1. The van der Waals surface area contributed by atoms with E-state index in [1.165, 1.54) is 19.3 Å². The molecule has 0 saturated heterocycles. The fourth-order valence-corrected chi connectivity index (χ4v) is 3.98. The molecule has 25 heavy (non-hydrogen) atoms. The number of nitrogens with zero attached hydrogens (tertiary/aromatic N) is 1. The summed E-state index contributed by atoms with van der Waals surface area (Å²) in [4.78, 5) is 12.5. The van der Waals surface area contributed by atoms with Crippen LogP contribution in [0.2, 0.25) is 5.02 Å². The number of rotatable bonds is 6. The Balaban J connectivity index is 1.81. The van der Waals surface area contributed by atoms with Gasteiger partial charge in [-0.3, -0.25) is 4.79 Å². The van der Waals surface area contributed by atoms with Crippen molar-refractivity contribution in [3.63, 3.8) is 0 Å². The first kappa shape index (κ1) is 18.2. The molecule has 1 heterocycles. The Hall–Kier alpha value is -1.56. The van der Waals surface area contributed by atoms with E-state index in [0.717, 1.165) is 23.7 Å². The summed E-state index contributed by atoms with van der Waals surface area (Å²) in [6, 6.07) is 5.61. The number of carbonyl (C=O) groups excluding carboxylic acids is 1. The molecule has 0 aliphatic heterocycles. The lowest BCUT2D eigenvalue weighted by Gasteiger charge is -2.20. The van der Waals surface area contributed by atoms with E-state index >= 15 is 0 Å². The third kappa shape index (κ3) is 4.35. The van der Waals surface area contributed by atoms with Crippen LogP contribution >= 0.6 is 11.6 Å². The molecule has 2 aromatic rings. The number of nitrogens with two attached hydrogens (primary N) is 1. The zero-order valence-electron chi connectivity index (χ0n) is 14.4. The van der Waals surface area contributed by atoms with E-state index in [0.29, 0.717) is 29.6 Å². The average Bonchev–Trinajstić information content (AvgIpc) is 2.94. The van der Waals surface area contributed by atoms with Crippen molar-refractivity contribution in [2.24, 2.45) is 11.7 Å². The highest BCUT2D eigenvalue weighted by atomic mass is 35.5. The number of halogens is 1. The Morgan fingerprint density at radius 1 is 1.36 bits per heavy atom. The Morgan fingerprint density at radius 3 is 2.84 bits per heavy atom. The molecule has 3 rings (SSSR count). The maximum atomic E-state index is 12.5. The van der Waals surface area contributed by atoms with Crippen LogP contribution in [0.1, 0.15) is 38.5 Å². The van der Waals surface area contributed by atoms with Crippen LogP contribution in [-0.2, 0) is 11.3 Å². The summed E-state index contributed by atoms with van der Waals surface area (Å²) in [7, 11) is 0. The van der Waals surface area contributed by atoms with E-state index in [9.17, 15) is 9.90 Å². The van der Waals surface area contributed by atoms with E-state index in [1.54, 1.807) is 0 Å². The monoisotopic (exact) mass is 363 g/mol. The van der Waals surface area contributed by atoms with Crippen molar-refractivity contribution in [1.82, 2.24) is 4.57 Å². The number of aromatic nitrogens is 1. The molecule has 0 bridgehead atoms. The van der Waals surface area contributed by atoms with Crippen LogP contribution in [-0.4, -0.2) is 28.2 Å². The van der Waals surface area contributed by atoms with E-state index in [1.807, 2.05) is 29.0 Å². The fourth-order valence-electron chi connectivity index (χ4n) is 3.71. The van der Waals surface area contributed by atoms with Gasteiger partial charge in [0.05, 0.1) is 22.3 Å². The molecule has 1 aromatic carbocycles. The Bertz CT molecular complexity index is 738. The predicted molar refractivity (Wildman–Crippen MR) is 102 cm³/mol. The summed E-state index contributed by atoms with van der Waals surface area (Å²) in [5.41, 5.74) is 7.11. The van der Waals surface area contributed by atoms with Crippen LogP contribution in [0.5, 0.6) is 0 Å². The first-order valence-electron chi connectivity index (χ1n) is 9.04. The van der Waals surface area contributed by atoms with Gasteiger partial charge in [-0.25, -0.2) is 0 Å². The quantitative estimate of drug-likeness (QED) is 0.734. The van der Waals surface area contributed by atoms with Gasteiger partial charge in [0.25, 0.3) is 0 Å². The maximum Gasteiger partial charge on any atom is 0.224 e. The van der Waals surface area contributed by atoms with Gasteiger partial charge in [-0.15, -0.1) is 0 Å². The topological polar surface area (TPSA) is 80.3 Å². The summed E-state index contributed by atoms with van der Waals surface area (Å²) < 4.78 is 1.90. The number of fused-ring (bicyclic) bond motifs is 1. The van der Waals surface area contributed by atoms with E-state index in [4.69, 9.17) is 17.3 Å². The second kappa shape index (κ2) is 8.21. The zero-order valence-corrected chi connectivity index (χ0v) is 15.1. The van der Waals surface area contributed by atoms with Crippen LogP contribution in [0.15, 0.2) is 24.4 Å². The Kier molecular flexibility index (Phi) is 5.99. The third-order valence-corrected chi connectivity index (χ3v) is 5.32. The summed E-state index contributed by atoms with van der Waals surface area (Å²) in [6.45, 7) is 0.551. The van der Waals surface area contributed by atoms with Gasteiger partial charge in [-0.05, 0) is 30.9 Å². The number of aliphatic hydroxyl groups excluding tert-OH is 1. The second-order valence-corrected chi connectivity index (χ2v) is 7.38. The molecule has 1 unspecified atom stereocenters. The summed E-state index contributed by atoms with van der Waals surface area (Å²) in [5, 5.41) is 14.3. The number of anilines is 1. The molecular weight excluding hydrogens is 338 g/mol. The maximum absolute atomic E-state index is 12.5. The molecule has 1 fully saturated rings. The average molecular weight is 364 g/mol. The van der Waals surface area contributed by atoms with Crippen molar-refractivity contribution in [2.45, 2.75) is 51.2 Å². The lowest BCUT2D eigenvalue weighted by Crippen LogP contribution is -2.24. The molecule has 1 aliphatic rings. The number of aliphatic hydroxyl groups is 1. The van der Waals surface area contributed by atoms with Gasteiger partial charge in [-0.2, -0.15) is 0 Å². The fraction of sp³-hybridized carbons (Fsp3) is 0.526. The van der Waals surface area contributed by atoms with E-state index in [2.05, 4.69) is 5.32 Å². The number of hydrogen-bond donors (Lipinski definition) is 3. The number of carbonyl (C=O) groups is 1. The van der Waals surface area contributed by atoms with Crippen molar-refractivity contribution in [3.8, 4) is 0 Å². The highest BCUT2D eigenvalue weighted by molar-refractivity contribution is 6.36. The molecule has 1 saturated carbocycles. The Labute approximate surface area is 153 Å². The molecule has 1 amide bonds. The van der Waals surface area contributed by atoms with Gasteiger partial charge in [0.15, 0.2) is 0 Å². The van der Waals surface area contributed by atoms with Crippen LogP contribution < -0.4 is 11.1 Å². The highest BCUT2D eigenvalue weighted by Crippen LogP contribution is 2.33. The van der Waals surface area contributed by atoms with Crippen molar-refractivity contribution in [2.75, 3.05) is 11.9 Å². The SMILES string of the molecule is NCC(O)Cn1cc(NC(=O)CC2CCCCC2)c2c(Cl)cccc21. The molecular formula is C19H26ClN3O2. The van der Waals surface area contributed by atoms with Crippen LogP contribution in [0.25, 0.3) is 10.9 Å². The van der Waals surface area contributed by atoms with Gasteiger partial charge in [0, 0.05) is 31.1 Å². The molecule has 1 atom stereocenters. The van der Waals surface area contributed by atoms with E-state index < -0.39 is 6.10 Å². The molecule has 1 aliphatic carbocycles. The predicted octanol–water partition coefficient (Wildman–Crippen LogP) is 3.52. The van der Waals surface area contributed by atoms with Gasteiger partial charge in [-0.1, -0.05) is 36.9 Å². The molecule has 5 nitrogen and oxygen atoms in total. The van der Waals surface area contributed by atoms with Crippen LogP contribution in [0.4, 0.5) is 5.69 Å². The highest BCUT2D eigenvalue weighted by Gasteiger charge is 2.19. The smallest absolute Gasteiger partial charge is 0.224 e.